The van der Waals surface area contributed by atoms with Gasteiger partial charge in [-0.25, -0.2) is 4.79 Å². The van der Waals surface area contributed by atoms with Gasteiger partial charge in [-0.15, -0.1) is 0 Å². The number of furan rings is 1. The smallest absolute Gasteiger partial charge is 0.337 e. The number of hydrogen-bond donors (Lipinski definition) is 1. The zero-order valence-corrected chi connectivity index (χ0v) is 11.1. The molecular weight excluding hydrogens is 242 g/mol. The Morgan fingerprint density at radius 1 is 1.32 bits per heavy atom. The molecule has 0 spiro atoms. The SMILES string of the molecule is COC(=O)c1ccc(NC(C)Cc2ccco2)cc1. The Morgan fingerprint density at radius 3 is 2.63 bits per heavy atom. The van der Waals surface area contributed by atoms with Crippen molar-refractivity contribution in [1.29, 1.82) is 0 Å². The van der Waals surface area contributed by atoms with Gasteiger partial charge in [-0.05, 0) is 43.3 Å². The molecule has 1 unspecified atom stereocenters. The zero-order valence-electron chi connectivity index (χ0n) is 11.1. The summed E-state index contributed by atoms with van der Waals surface area (Å²) in [4.78, 5) is 11.3. The highest BCUT2D eigenvalue weighted by Gasteiger charge is 2.07. The van der Waals surface area contributed by atoms with E-state index in [1.165, 1.54) is 7.11 Å². The summed E-state index contributed by atoms with van der Waals surface area (Å²) in [5.41, 5.74) is 1.51. The van der Waals surface area contributed by atoms with E-state index in [1.807, 2.05) is 24.3 Å². The molecule has 1 heterocycles. The molecule has 0 aliphatic rings. The van der Waals surface area contributed by atoms with Gasteiger partial charge in [-0.2, -0.15) is 0 Å². The Hall–Kier alpha value is -2.23. The summed E-state index contributed by atoms with van der Waals surface area (Å²) in [6, 6.07) is 11.3. The van der Waals surface area contributed by atoms with Crippen LogP contribution in [0.2, 0.25) is 0 Å². The number of rotatable bonds is 5. The van der Waals surface area contributed by atoms with E-state index in [2.05, 4.69) is 17.0 Å². The Morgan fingerprint density at radius 2 is 2.05 bits per heavy atom. The lowest BCUT2D eigenvalue weighted by molar-refractivity contribution is 0.0601. The topological polar surface area (TPSA) is 51.5 Å². The van der Waals surface area contributed by atoms with Crippen LogP contribution < -0.4 is 5.32 Å². The van der Waals surface area contributed by atoms with Crippen molar-refractivity contribution in [3.05, 3.63) is 54.0 Å². The molecule has 0 bridgehead atoms. The van der Waals surface area contributed by atoms with E-state index in [4.69, 9.17) is 4.42 Å². The van der Waals surface area contributed by atoms with Crippen LogP contribution in [0.4, 0.5) is 5.69 Å². The lowest BCUT2D eigenvalue weighted by Gasteiger charge is -2.14. The second kappa shape index (κ2) is 6.09. The minimum absolute atomic E-state index is 0.245. The van der Waals surface area contributed by atoms with E-state index in [9.17, 15) is 4.79 Å². The van der Waals surface area contributed by atoms with Crippen LogP contribution in [0.5, 0.6) is 0 Å². The van der Waals surface area contributed by atoms with Crippen molar-refractivity contribution in [2.75, 3.05) is 12.4 Å². The van der Waals surface area contributed by atoms with Crippen molar-refractivity contribution in [3.63, 3.8) is 0 Å². The molecule has 4 nitrogen and oxygen atoms in total. The molecule has 1 aromatic carbocycles. The van der Waals surface area contributed by atoms with Crippen LogP contribution in [-0.2, 0) is 11.2 Å². The van der Waals surface area contributed by atoms with Gasteiger partial charge in [0.15, 0.2) is 0 Å². The number of nitrogens with one attached hydrogen (secondary N) is 1. The maximum atomic E-state index is 11.3. The first-order valence-corrected chi connectivity index (χ1v) is 6.16. The van der Waals surface area contributed by atoms with Gasteiger partial charge in [0, 0.05) is 18.2 Å². The first-order chi connectivity index (χ1) is 9.19. The third-order valence-electron chi connectivity index (χ3n) is 2.81. The van der Waals surface area contributed by atoms with Crippen LogP contribution in [0.25, 0.3) is 0 Å². The molecule has 1 aromatic heterocycles. The van der Waals surface area contributed by atoms with Crippen molar-refractivity contribution < 1.29 is 13.9 Å². The largest absolute Gasteiger partial charge is 0.469 e. The van der Waals surface area contributed by atoms with E-state index in [-0.39, 0.29) is 12.0 Å². The predicted octanol–water partition coefficient (Wildman–Crippen LogP) is 3.11. The molecule has 0 saturated carbocycles. The lowest BCUT2D eigenvalue weighted by atomic mass is 10.1. The minimum atomic E-state index is -0.324. The number of carbonyl (C=O) groups is 1. The number of anilines is 1. The maximum Gasteiger partial charge on any atom is 0.337 e. The summed E-state index contributed by atoms with van der Waals surface area (Å²) < 4.78 is 9.96. The molecule has 4 heteroatoms. The number of hydrogen-bond acceptors (Lipinski definition) is 4. The highest BCUT2D eigenvalue weighted by Crippen LogP contribution is 2.13. The van der Waals surface area contributed by atoms with Gasteiger partial charge in [-0.3, -0.25) is 0 Å². The third-order valence-corrected chi connectivity index (χ3v) is 2.81. The molecule has 0 amide bonds. The average molecular weight is 259 g/mol. The Balaban J connectivity index is 1.93. The van der Waals surface area contributed by atoms with Crippen LogP contribution in [0.15, 0.2) is 47.1 Å². The molecule has 0 aliphatic carbocycles. The van der Waals surface area contributed by atoms with Gasteiger partial charge in [0.25, 0.3) is 0 Å². The fourth-order valence-corrected chi connectivity index (χ4v) is 1.89. The minimum Gasteiger partial charge on any atom is -0.469 e. The van der Waals surface area contributed by atoms with E-state index in [0.717, 1.165) is 17.9 Å². The first-order valence-electron chi connectivity index (χ1n) is 6.16. The summed E-state index contributed by atoms with van der Waals surface area (Å²) >= 11 is 0. The average Bonchev–Trinajstić information content (AvgIpc) is 2.91. The number of esters is 1. The van der Waals surface area contributed by atoms with E-state index in [0.29, 0.717) is 5.56 Å². The molecule has 2 rings (SSSR count). The van der Waals surface area contributed by atoms with Crippen molar-refractivity contribution in [1.82, 2.24) is 0 Å². The van der Waals surface area contributed by atoms with Crippen LogP contribution in [0, 0.1) is 0 Å². The van der Waals surface area contributed by atoms with Crippen molar-refractivity contribution in [3.8, 4) is 0 Å². The van der Waals surface area contributed by atoms with Crippen LogP contribution in [0.1, 0.15) is 23.0 Å². The van der Waals surface area contributed by atoms with Crippen LogP contribution in [-0.4, -0.2) is 19.1 Å². The monoisotopic (exact) mass is 259 g/mol. The molecular formula is C15H17NO3. The molecule has 0 aliphatic heterocycles. The zero-order chi connectivity index (χ0) is 13.7. The van der Waals surface area contributed by atoms with E-state index in [1.54, 1.807) is 18.4 Å². The molecule has 2 aromatic rings. The van der Waals surface area contributed by atoms with Gasteiger partial charge in [-0.1, -0.05) is 0 Å². The third kappa shape index (κ3) is 3.61. The lowest BCUT2D eigenvalue weighted by Crippen LogP contribution is -2.17. The highest BCUT2D eigenvalue weighted by atomic mass is 16.5. The first kappa shape index (κ1) is 13.2. The summed E-state index contributed by atoms with van der Waals surface area (Å²) in [6.07, 6.45) is 2.49. The molecule has 0 fully saturated rings. The Labute approximate surface area is 112 Å². The van der Waals surface area contributed by atoms with Crippen molar-refractivity contribution in [2.24, 2.45) is 0 Å². The fraction of sp³-hybridized carbons (Fsp3) is 0.267. The fourth-order valence-electron chi connectivity index (χ4n) is 1.89. The Bertz CT molecular complexity index is 517. The van der Waals surface area contributed by atoms with Crippen molar-refractivity contribution in [2.45, 2.75) is 19.4 Å². The standard InChI is InChI=1S/C15H17NO3/c1-11(10-14-4-3-9-19-14)16-13-7-5-12(6-8-13)15(17)18-2/h3-9,11,16H,10H2,1-2H3. The number of benzene rings is 1. The van der Waals surface area contributed by atoms with Crippen LogP contribution >= 0.6 is 0 Å². The van der Waals surface area contributed by atoms with Gasteiger partial charge < -0.3 is 14.5 Å². The number of carbonyl (C=O) groups excluding carboxylic acids is 1. The van der Waals surface area contributed by atoms with Gasteiger partial charge in [0.2, 0.25) is 0 Å². The molecule has 1 N–H and O–H groups in total. The number of ether oxygens (including phenoxy) is 1. The molecule has 0 saturated heterocycles. The number of methoxy groups -OCH3 is 1. The highest BCUT2D eigenvalue weighted by molar-refractivity contribution is 5.89. The van der Waals surface area contributed by atoms with E-state index >= 15 is 0 Å². The predicted molar refractivity (Wildman–Crippen MR) is 73.3 cm³/mol. The summed E-state index contributed by atoms with van der Waals surface area (Å²) in [7, 11) is 1.37. The maximum absolute atomic E-state index is 11.3. The molecule has 19 heavy (non-hydrogen) atoms. The second-order valence-electron chi connectivity index (χ2n) is 4.40. The van der Waals surface area contributed by atoms with Gasteiger partial charge in [0.05, 0.1) is 18.9 Å². The molecule has 0 radical (unpaired) electrons. The Kier molecular flexibility index (Phi) is 4.23. The summed E-state index contributed by atoms with van der Waals surface area (Å²) in [5, 5.41) is 3.35. The van der Waals surface area contributed by atoms with Crippen LogP contribution in [0.3, 0.4) is 0 Å². The van der Waals surface area contributed by atoms with Gasteiger partial charge >= 0.3 is 5.97 Å². The van der Waals surface area contributed by atoms with Gasteiger partial charge in [0.1, 0.15) is 5.76 Å². The quantitative estimate of drug-likeness (QED) is 0.838. The second-order valence-corrected chi connectivity index (χ2v) is 4.40. The van der Waals surface area contributed by atoms with E-state index < -0.39 is 0 Å². The normalized spacial score (nSPS) is 11.9. The molecule has 1 atom stereocenters. The van der Waals surface area contributed by atoms with Crippen molar-refractivity contribution >= 4 is 11.7 Å². The molecule has 100 valence electrons. The summed E-state index contributed by atoms with van der Waals surface area (Å²) in [5.74, 6) is 0.626. The summed E-state index contributed by atoms with van der Waals surface area (Å²) in [6.45, 7) is 2.08.